The van der Waals surface area contributed by atoms with E-state index in [1.165, 1.54) is 12.0 Å². The predicted octanol–water partition coefficient (Wildman–Crippen LogP) is 2.07. The number of hydrogen-bond acceptors (Lipinski definition) is 4. The highest BCUT2D eigenvalue weighted by atomic mass is 16.5. The summed E-state index contributed by atoms with van der Waals surface area (Å²) in [5.74, 6) is 0.224. The van der Waals surface area contributed by atoms with Crippen LogP contribution in [0.5, 0.6) is 0 Å². The molecule has 2 aromatic rings. The molecule has 1 unspecified atom stereocenters. The lowest BCUT2D eigenvalue weighted by molar-refractivity contribution is -0.0218. The Kier molecular flexibility index (Phi) is 4.01. The van der Waals surface area contributed by atoms with Crippen molar-refractivity contribution >= 4 is 5.91 Å². The normalized spacial score (nSPS) is 18.7. The van der Waals surface area contributed by atoms with E-state index in [-0.39, 0.29) is 12.0 Å². The van der Waals surface area contributed by atoms with Crippen LogP contribution in [0.3, 0.4) is 0 Å². The zero-order valence-corrected chi connectivity index (χ0v) is 12.0. The van der Waals surface area contributed by atoms with E-state index in [1.54, 1.807) is 11.8 Å². The first-order valence-corrected chi connectivity index (χ1v) is 7.09. The van der Waals surface area contributed by atoms with Crippen LogP contribution in [0.4, 0.5) is 0 Å². The van der Waals surface area contributed by atoms with Gasteiger partial charge in [0.1, 0.15) is 0 Å². The quantitative estimate of drug-likeness (QED) is 0.866. The monoisotopic (exact) mass is 286 g/mol. The molecule has 0 N–H and O–H groups in total. The minimum atomic E-state index is -0.105. The van der Waals surface area contributed by atoms with E-state index < -0.39 is 0 Å². The summed E-state index contributed by atoms with van der Waals surface area (Å²) in [5, 5.41) is 0. The van der Waals surface area contributed by atoms with Crippen molar-refractivity contribution in [2.45, 2.75) is 19.4 Å². The third-order valence-electron chi connectivity index (χ3n) is 3.67. The van der Waals surface area contributed by atoms with Crippen LogP contribution in [-0.2, 0) is 11.2 Å². The molecule has 0 aliphatic carbocycles. The van der Waals surface area contributed by atoms with Crippen molar-refractivity contribution in [2.24, 2.45) is 0 Å². The zero-order chi connectivity index (χ0) is 14.7. The maximum Gasteiger partial charge on any atom is 0.291 e. The van der Waals surface area contributed by atoms with Crippen molar-refractivity contribution < 1.29 is 13.9 Å². The maximum absolute atomic E-state index is 12.4. The summed E-state index contributed by atoms with van der Waals surface area (Å²) >= 11 is 0. The molecule has 0 spiro atoms. The molecule has 1 amide bonds. The standard InChI is InChI=1S/C16H18N2O3/c1-12-15(21-11-17-12)16(19)18-7-8-20-14(10-18)9-13-5-3-2-4-6-13/h2-6,11,14H,7-10H2,1H3. The summed E-state index contributed by atoms with van der Waals surface area (Å²) in [7, 11) is 0. The molecule has 1 aromatic heterocycles. The van der Waals surface area contributed by atoms with Gasteiger partial charge in [-0.3, -0.25) is 4.79 Å². The molecule has 1 atom stereocenters. The number of aryl methyl sites for hydroxylation is 1. The lowest BCUT2D eigenvalue weighted by Crippen LogP contribution is -2.46. The Labute approximate surface area is 123 Å². The first-order chi connectivity index (χ1) is 10.2. The summed E-state index contributed by atoms with van der Waals surface area (Å²) in [6.45, 7) is 3.49. The van der Waals surface area contributed by atoms with Crippen molar-refractivity contribution in [2.75, 3.05) is 19.7 Å². The predicted molar refractivity (Wildman–Crippen MR) is 77.0 cm³/mol. The largest absolute Gasteiger partial charge is 0.438 e. The number of carbonyl (C=O) groups excluding carboxylic acids is 1. The molecule has 110 valence electrons. The molecule has 0 bridgehead atoms. The molecule has 5 heteroatoms. The Bertz CT molecular complexity index is 609. The smallest absolute Gasteiger partial charge is 0.291 e. The van der Waals surface area contributed by atoms with Gasteiger partial charge in [0.15, 0.2) is 6.39 Å². The summed E-state index contributed by atoms with van der Waals surface area (Å²) in [5.41, 5.74) is 1.85. The Morgan fingerprint density at radius 3 is 2.90 bits per heavy atom. The summed E-state index contributed by atoms with van der Waals surface area (Å²) in [4.78, 5) is 18.2. The van der Waals surface area contributed by atoms with Crippen LogP contribution in [-0.4, -0.2) is 41.6 Å². The Morgan fingerprint density at radius 2 is 2.19 bits per heavy atom. The molecule has 3 rings (SSSR count). The minimum absolute atomic E-state index is 0.0216. The van der Waals surface area contributed by atoms with Gasteiger partial charge in [-0.1, -0.05) is 30.3 Å². The Hall–Kier alpha value is -2.14. The van der Waals surface area contributed by atoms with Gasteiger partial charge in [0.25, 0.3) is 5.91 Å². The topological polar surface area (TPSA) is 55.6 Å². The SMILES string of the molecule is Cc1ncoc1C(=O)N1CCOC(Cc2ccccc2)C1. The number of amides is 1. The number of oxazole rings is 1. The first kappa shape index (κ1) is 13.8. The summed E-state index contributed by atoms with van der Waals surface area (Å²) in [6.07, 6.45) is 2.14. The van der Waals surface area contributed by atoms with Crippen molar-refractivity contribution in [3.8, 4) is 0 Å². The number of benzene rings is 1. The molecule has 1 aliphatic rings. The lowest BCUT2D eigenvalue weighted by Gasteiger charge is -2.32. The molecule has 5 nitrogen and oxygen atoms in total. The number of ether oxygens (including phenoxy) is 1. The van der Waals surface area contributed by atoms with Crippen molar-refractivity contribution in [3.63, 3.8) is 0 Å². The second kappa shape index (κ2) is 6.10. The van der Waals surface area contributed by atoms with Crippen LogP contribution in [0.15, 0.2) is 41.1 Å². The highest BCUT2D eigenvalue weighted by molar-refractivity contribution is 5.92. The van der Waals surface area contributed by atoms with Gasteiger partial charge in [-0.15, -0.1) is 0 Å². The van der Waals surface area contributed by atoms with Gasteiger partial charge in [0, 0.05) is 19.5 Å². The third kappa shape index (κ3) is 3.13. The molecule has 21 heavy (non-hydrogen) atoms. The number of nitrogens with zero attached hydrogens (tertiary/aromatic N) is 2. The van der Waals surface area contributed by atoms with Gasteiger partial charge in [-0.05, 0) is 12.5 Å². The Morgan fingerprint density at radius 1 is 1.38 bits per heavy atom. The van der Waals surface area contributed by atoms with E-state index in [1.807, 2.05) is 18.2 Å². The van der Waals surface area contributed by atoms with E-state index >= 15 is 0 Å². The number of aromatic nitrogens is 1. The highest BCUT2D eigenvalue weighted by Crippen LogP contribution is 2.15. The van der Waals surface area contributed by atoms with Crippen LogP contribution < -0.4 is 0 Å². The van der Waals surface area contributed by atoms with E-state index in [9.17, 15) is 4.79 Å². The molecule has 0 radical (unpaired) electrons. The van der Waals surface area contributed by atoms with E-state index in [4.69, 9.17) is 9.15 Å². The minimum Gasteiger partial charge on any atom is -0.438 e. The molecule has 2 heterocycles. The van der Waals surface area contributed by atoms with Gasteiger partial charge in [-0.2, -0.15) is 0 Å². The fourth-order valence-electron chi connectivity index (χ4n) is 2.56. The second-order valence-electron chi connectivity index (χ2n) is 5.20. The van der Waals surface area contributed by atoms with Crippen molar-refractivity contribution in [1.29, 1.82) is 0 Å². The molecule has 0 saturated carbocycles. The number of hydrogen-bond donors (Lipinski definition) is 0. The Balaban J connectivity index is 1.66. The zero-order valence-electron chi connectivity index (χ0n) is 12.0. The van der Waals surface area contributed by atoms with Crippen LogP contribution in [0.2, 0.25) is 0 Å². The van der Waals surface area contributed by atoms with Crippen LogP contribution >= 0.6 is 0 Å². The van der Waals surface area contributed by atoms with Crippen LogP contribution in [0, 0.1) is 6.92 Å². The van der Waals surface area contributed by atoms with Crippen LogP contribution in [0.1, 0.15) is 21.8 Å². The number of rotatable bonds is 3. The maximum atomic E-state index is 12.4. The van der Waals surface area contributed by atoms with Gasteiger partial charge in [0.2, 0.25) is 5.76 Å². The fraction of sp³-hybridized carbons (Fsp3) is 0.375. The van der Waals surface area contributed by atoms with Crippen LogP contribution in [0.25, 0.3) is 0 Å². The molecule has 1 saturated heterocycles. The van der Waals surface area contributed by atoms with Gasteiger partial charge in [-0.25, -0.2) is 4.98 Å². The first-order valence-electron chi connectivity index (χ1n) is 7.09. The number of carbonyl (C=O) groups is 1. The molecular weight excluding hydrogens is 268 g/mol. The molecular formula is C16H18N2O3. The van der Waals surface area contributed by atoms with E-state index in [0.717, 1.165) is 6.42 Å². The van der Waals surface area contributed by atoms with Gasteiger partial charge in [0.05, 0.1) is 18.4 Å². The van der Waals surface area contributed by atoms with E-state index in [0.29, 0.717) is 31.2 Å². The van der Waals surface area contributed by atoms with Crippen molar-refractivity contribution in [3.05, 3.63) is 53.7 Å². The van der Waals surface area contributed by atoms with E-state index in [2.05, 4.69) is 17.1 Å². The molecule has 1 aliphatic heterocycles. The fourth-order valence-corrected chi connectivity index (χ4v) is 2.56. The molecule has 1 fully saturated rings. The lowest BCUT2D eigenvalue weighted by atomic mass is 10.1. The van der Waals surface area contributed by atoms with Gasteiger partial charge < -0.3 is 14.1 Å². The second-order valence-corrected chi connectivity index (χ2v) is 5.20. The summed E-state index contributed by atoms with van der Waals surface area (Å²) in [6, 6.07) is 10.2. The molecule has 1 aromatic carbocycles. The summed E-state index contributed by atoms with van der Waals surface area (Å²) < 4.78 is 11.0. The van der Waals surface area contributed by atoms with Crippen molar-refractivity contribution in [1.82, 2.24) is 9.88 Å². The number of morpholine rings is 1. The average Bonchev–Trinajstić information content (AvgIpc) is 2.94. The van der Waals surface area contributed by atoms with Gasteiger partial charge >= 0.3 is 0 Å². The average molecular weight is 286 g/mol. The highest BCUT2D eigenvalue weighted by Gasteiger charge is 2.27. The third-order valence-corrected chi connectivity index (χ3v) is 3.67.